The molecular formula is C9H12OS. The van der Waals surface area contributed by atoms with Crippen molar-refractivity contribution < 1.29 is 4.79 Å². The number of hydrogen-bond donors (Lipinski definition) is 0. The standard InChI is InChI=1S/C9H12OS/c1-3-9(2,7-10)8-5-4-6-11-8/h4-7H,3H2,1-2H3. The molecule has 0 aliphatic rings. The molecule has 1 atom stereocenters. The fraction of sp³-hybridized carbons (Fsp3) is 0.444. The predicted molar refractivity (Wildman–Crippen MR) is 48.0 cm³/mol. The quantitative estimate of drug-likeness (QED) is 0.634. The largest absolute Gasteiger partial charge is 0.302 e. The van der Waals surface area contributed by atoms with Crippen LogP contribution in [0.1, 0.15) is 25.1 Å². The Bertz CT molecular complexity index is 228. The first-order valence-electron chi connectivity index (χ1n) is 3.73. The smallest absolute Gasteiger partial charge is 0.131 e. The van der Waals surface area contributed by atoms with Crippen molar-refractivity contribution in [3.63, 3.8) is 0 Å². The van der Waals surface area contributed by atoms with Crippen LogP contribution >= 0.6 is 11.3 Å². The van der Waals surface area contributed by atoms with Gasteiger partial charge in [-0.15, -0.1) is 11.3 Å². The lowest BCUT2D eigenvalue weighted by Crippen LogP contribution is -2.20. The van der Waals surface area contributed by atoms with Gasteiger partial charge in [0.15, 0.2) is 0 Å². The summed E-state index contributed by atoms with van der Waals surface area (Å²) in [5, 5.41) is 2.01. The summed E-state index contributed by atoms with van der Waals surface area (Å²) in [5.74, 6) is 0. The Morgan fingerprint density at radius 3 is 2.82 bits per heavy atom. The maximum atomic E-state index is 10.8. The first-order chi connectivity index (χ1) is 5.23. The Labute approximate surface area is 71.1 Å². The predicted octanol–water partition coefficient (Wildman–Crippen LogP) is 2.61. The van der Waals surface area contributed by atoms with Crippen molar-refractivity contribution in [2.75, 3.05) is 0 Å². The van der Waals surface area contributed by atoms with E-state index in [1.165, 1.54) is 0 Å². The summed E-state index contributed by atoms with van der Waals surface area (Å²) in [7, 11) is 0. The molecule has 0 aromatic carbocycles. The maximum absolute atomic E-state index is 10.8. The van der Waals surface area contributed by atoms with E-state index >= 15 is 0 Å². The number of carbonyl (C=O) groups excluding carboxylic acids is 1. The van der Waals surface area contributed by atoms with Crippen LogP contribution in [0.25, 0.3) is 0 Å². The molecule has 0 fully saturated rings. The zero-order chi connectivity index (χ0) is 8.32. The van der Waals surface area contributed by atoms with Gasteiger partial charge in [0.1, 0.15) is 6.29 Å². The molecule has 1 nitrogen and oxygen atoms in total. The molecule has 0 N–H and O–H groups in total. The van der Waals surface area contributed by atoms with E-state index in [0.717, 1.165) is 17.6 Å². The Balaban J connectivity index is 2.96. The highest BCUT2D eigenvalue weighted by atomic mass is 32.1. The number of rotatable bonds is 3. The molecule has 0 saturated carbocycles. The number of carbonyl (C=O) groups is 1. The molecule has 2 heteroatoms. The molecule has 0 aliphatic heterocycles. The maximum Gasteiger partial charge on any atom is 0.131 e. The van der Waals surface area contributed by atoms with Crippen molar-refractivity contribution in [2.45, 2.75) is 25.7 Å². The Hall–Kier alpha value is -0.630. The van der Waals surface area contributed by atoms with Crippen molar-refractivity contribution in [1.82, 2.24) is 0 Å². The van der Waals surface area contributed by atoms with Gasteiger partial charge in [-0.25, -0.2) is 0 Å². The molecule has 0 radical (unpaired) electrons. The van der Waals surface area contributed by atoms with Crippen LogP contribution in [0.15, 0.2) is 17.5 Å². The van der Waals surface area contributed by atoms with Crippen LogP contribution in [-0.4, -0.2) is 6.29 Å². The molecule has 0 spiro atoms. The summed E-state index contributed by atoms with van der Waals surface area (Å²) in [5.41, 5.74) is -0.256. The summed E-state index contributed by atoms with van der Waals surface area (Å²) in [6.45, 7) is 4.01. The molecule has 0 saturated heterocycles. The van der Waals surface area contributed by atoms with Gasteiger partial charge >= 0.3 is 0 Å². The lowest BCUT2D eigenvalue weighted by atomic mass is 9.88. The highest BCUT2D eigenvalue weighted by molar-refractivity contribution is 7.10. The zero-order valence-corrected chi connectivity index (χ0v) is 7.65. The van der Waals surface area contributed by atoms with Crippen molar-refractivity contribution >= 4 is 17.6 Å². The van der Waals surface area contributed by atoms with Gasteiger partial charge in [-0.2, -0.15) is 0 Å². The lowest BCUT2D eigenvalue weighted by Gasteiger charge is -2.18. The number of hydrogen-bond acceptors (Lipinski definition) is 2. The van der Waals surface area contributed by atoms with Crippen molar-refractivity contribution in [3.8, 4) is 0 Å². The molecule has 0 aliphatic carbocycles. The Kier molecular flexibility index (Phi) is 2.45. The summed E-state index contributed by atoms with van der Waals surface area (Å²) >= 11 is 1.65. The van der Waals surface area contributed by atoms with E-state index in [1.54, 1.807) is 11.3 Å². The van der Waals surface area contributed by atoms with Gasteiger partial charge in [0, 0.05) is 4.88 Å². The van der Waals surface area contributed by atoms with E-state index in [2.05, 4.69) is 0 Å². The summed E-state index contributed by atoms with van der Waals surface area (Å²) in [6.07, 6.45) is 1.91. The van der Waals surface area contributed by atoms with E-state index in [4.69, 9.17) is 0 Å². The molecule has 1 rings (SSSR count). The molecular weight excluding hydrogens is 156 g/mol. The minimum absolute atomic E-state index is 0.256. The first-order valence-corrected chi connectivity index (χ1v) is 4.61. The van der Waals surface area contributed by atoms with Crippen molar-refractivity contribution in [3.05, 3.63) is 22.4 Å². The topological polar surface area (TPSA) is 17.1 Å². The molecule has 11 heavy (non-hydrogen) atoms. The second kappa shape index (κ2) is 3.18. The fourth-order valence-electron chi connectivity index (χ4n) is 0.919. The van der Waals surface area contributed by atoms with Gasteiger partial charge in [-0.3, -0.25) is 0 Å². The third kappa shape index (κ3) is 1.51. The molecule has 60 valence electrons. The summed E-state index contributed by atoms with van der Waals surface area (Å²) in [6, 6.07) is 4.00. The average molecular weight is 168 g/mol. The van der Waals surface area contributed by atoms with Crippen LogP contribution in [0.5, 0.6) is 0 Å². The van der Waals surface area contributed by atoms with Crippen LogP contribution in [0.4, 0.5) is 0 Å². The summed E-state index contributed by atoms with van der Waals surface area (Å²) in [4.78, 5) is 11.9. The van der Waals surface area contributed by atoms with Gasteiger partial charge in [0.25, 0.3) is 0 Å². The van der Waals surface area contributed by atoms with Gasteiger partial charge in [0.05, 0.1) is 5.41 Å². The highest BCUT2D eigenvalue weighted by Gasteiger charge is 2.24. The van der Waals surface area contributed by atoms with E-state index in [-0.39, 0.29) is 5.41 Å². The lowest BCUT2D eigenvalue weighted by molar-refractivity contribution is -0.112. The third-order valence-corrected chi connectivity index (χ3v) is 3.23. The van der Waals surface area contributed by atoms with Crippen molar-refractivity contribution in [2.24, 2.45) is 0 Å². The minimum Gasteiger partial charge on any atom is -0.302 e. The number of thiophene rings is 1. The fourth-order valence-corrected chi connectivity index (χ4v) is 1.84. The van der Waals surface area contributed by atoms with E-state index in [9.17, 15) is 4.79 Å². The molecule has 1 heterocycles. The molecule has 1 aromatic rings. The normalized spacial score (nSPS) is 15.8. The van der Waals surface area contributed by atoms with Gasteiger partial charge in [0.2, 0.25) is 0 Å². The Morgan fingerprint density at radius 2 is 2.45 bits per heavy atom. The van der Waals surface area contributed by atoms with E-state index < -0.39 is 0 Å². The monoisotopic (exact) mass is 168 g/mol. The summed E-state index contributed by atoms with van der Waals surface area (Å²) < 4.78 is 0. The van der Waals surface area contributed by atoms with Crippen LogP contribution in [0.3, 0.4) is 0 Å². The second-order valence-electron chi connectivity index (χ2n) is 2.87. The molecule has 1 aromatic heterocycles. The first kappa shape index (κ1) is 8.47. The highest BCUT2D eigenvalue weighted by Crippen LogP contribution is 2.28. The second-order valence-corrected chi connectivity index (χ2v) is 3.81. The van der Waals surface area contributed by atoms with Crippen molar-refractivity contribution in [1.29, 1.82) is 0 Å². The van der Waals surface area contributed by atoms with E-state index in [1.807, 2.05) is 31.4 Å². The average Bonchev–Trinajstić information content (AvgIpc) is 2.55. The third-order valence-electron chi connectivity index (χ3n) is 2.08. The number of aldehydes is 1. The molecule has 0 amide bonds. The van der Waals surface area contributed by atoms with Crippen LogP contribution in [0.2, 0.25) is 0 Å². The molecule has 1 unspecified atom stereocenters. The minimum atomic E-state index is -0.256. The zero-order valence-electron chi connectivity index (χ0n) is 6.83. The van der Waals surface area contributed by atoms with Gasteiger partial charge in [-0.05, 0) is 24.8 Å². The van der Waals surface area contributed by atoms with Gasteiger partial charge in [-0.1, -0.05) is 13.0 Å². The Morgan fingerprint density at radius 1 is 1.73 bits per heavy atom. The SMILES string of the molecule is CCC(C)(C=O)c1cccs1. The molecule has 0 bridgehead atoms. The van der Waals surface area contributed by atoms with Crippen LogP contribution < -0.4 is 0 Å². The van der Waals surface area contributed by atoms with Gasteiger partial charge < -0.3 is 4.79 Å². The van der Waals surface area contributed by atoms with Crippen LogP contribution in [-0.2, 0) is 10.2 Å². The van der Waals surface area contributed by atoms with Crippen LogP contribution in [0, 0.1) is 0 Å². The van der Waals surface area contributed by atoms with E-state index in [0.29, 0.717) is 0 Å².